The van der Waals surface area contributed by atoms with E-state index < -0.39 is 0 Å². The lowest BCUT2D eigenvalue weighted by Gasteiger charge is -2.09. The van der Waals surface area contributed by atoms with E-state index in [-0.39, 0.29) is 0 Å². The van der Waals surface area contributed by atoms with E-state index in [1.165, 1.54) is 60.4 Å². The molecule has 0 bridgehead atoms. The van der Waals surface area contributed by atoms with Crippen LogP contribution >= 0.6 is 0 Å². The van der Waals surface area contributed by atoms with Crippen LogP contribution in [0.1, 0.15) is 0 Å². The summed E-state index contributed by atoms with van der Waals surface area (Å²) >= 11 is 0. The number of benzene rings is 7. The topological polar surface area (TPSA) is 28.9 Å². The fraction of sp³-hybridized carbons (Fsp3) is 0. The van der Waals surface area contributed by atoms with E-state index in [9.17, 15) is 0 Å². The molecule has 196 valence electrons. The fourth-order valence-electron chi connectivity index (χ4n) is 6.56. The van der Waals surface area contributed by atoms with Gasteiger partial charge in [-0.3, -0.25) is 0 Å². The highest BCUT2D eigenvalue weighted by molar-refractivity contribution is 6.19. The van der Waals surface area contributed by atoms with E-state index in [4.69, 9.17) is 4.42 Å². The average molecular weight is 536 g/mol. The van der Waals surface area contributed by atoms with E-state index in [0.717, 1.165) is 27.5 Å². The van der Waals surface area contributed by atoms with Crippen LogP contribution in [0.3, 0.4) is 0 Å². The first-order chi connectivity index (χ1) is 20.8. The monoisotopic (exact) mass is 535 g/mol. The van der Waals surface area contributed by atoms with E-state index in [2.05, 4.69) is 138 Å². The van der Waals surface area contributed by atoms with Gasteiger partial charge in [0, 0.05) is 32.5 Å². The van der Waals surface area contributed by atoms with Crippen LogP contribution in [0.15, 0.2) is 150 Å². The number of furan rings is 1. The molecule has 2 heterocycles. The highest BCUT2D eigenvalue weighted by atomic mass is 16.3. The van der Waals surface area contributed by atoms with Gasteiger partial charge < -0.3 is 9.40 Å². The Morgan fingerprint density at radius 1 is 0.357 bits per heavy atom. The van der Waals surface area contributed by atoms with Crippen molar-refractivity contribution in [1.29, 1.82) is 0 Å². The molecule has 0 atom stereocenters. The van der Waals surface area contributed by atoms with Gasteiger partial charge in [-0.05, 0) is 63.5 Å². The Hall–Kier alpha value is -5.60. The van der Waals surface area contributed by atoms with Crippen LogP contribution < -0.4 is 0 Å². The summed E-state index contributed by atoms with van der Waals surface area (Å²) in [5.74, 6) is 0. The molecular formula is C40H25NO. The molecule has 0 spiro atoms. The summed E-state index contributed by atoms with van der Waals surface area (Å²) in [5, 5.41) is 7.32. The fourth-order valence-corrected chi connectivity index (χ4v) is 6.56. The molecule has 0 saturated carbocycles. The number of aromatic amines is 1. The van der Waals surface area contributed by atoms with Crippen molar-refractivity contribution in [2.45, 2.75) is 0 Å². The highest BCUT2D eigenvalue weighted by Gasteiger charge is 2.13. The lowest BCUT2D eigenvalue weighted by molar-refractivity contribution is 0.669. The first-order valence-electron chi connectivity index (χ1n) is 14.3. The van der Waals surface area contributed by atoms with E-state index in [1.807, 2.05) is 12.1 Å². The number of hydrogen-bond donors (Lipinski definition) is 1. The van der Waals surface area contributed by atoms with Gasteiger partial charge in [0.25, 0.3) is 0 Å². The summed E-state index contributed by atoms with van der Waals surface area (Å²) in [5.41, 5.74) is 11.3. The molecule has 0 saturated heterocycles. The minimum atomic E-state index is 0.917. The van der Waals surface area contributed by atoms with Crippen LogP contribution in [0.2, 0.25) is 0 Å². The number of aromatic nitrogens is 1. The number of H-pyrrole nitrogens is 1. The van der Waals surface area contributed by atoms with Crippen molar-refractivity contribution in [2.24, 2.45) is 0 Å². The largest absolute Gasteiger partial charge is 0.456 e. The molecule has 0 aliphatic rings. The molecule has 0 fully saturated rings. The standard InChI is InChI=1S/C40H25NO/c1-2-13-31-25(8-1)18-21-36-35-16-7-15-32(40(35)41-39(31)36)30-12-6-11-28(23-30)26-9-5-10-27(22-26)29-19-20-34-33-14-3-4-17-37(33)42-38(34)24-29/h1-24,41H. The molecule has 2 nitrogen and oxygen atoms in total. The second kappa shape index (κ2) is 8.95. The molecule has 0 unspecified atom stereocenters. The summed E-state index contributed by atoms with van der Waals surface area (Å²) in [7, 11) is 0. The summed E-state index contributed by atoms with van der Waals surface area (Å²) in [6.07, 6.45) is 0. The maximum absolute atomic E-state index is 6.17. The van der Waals surface area contributed by atoms with Crippen LogP contribution in [-0.4, -0.2) is 4.98 Å². The normalized spacial score (nSPS) is 11.8. The van der Waals surface area contributed by atoms with Crippen molar-refractivity contribution >= 4 is 54.5 Å². The Kier molecular flexibility index (Phi) is 4.93. The zero-order valence-electron chi connectivity index (χ0n) is 22.8. The predicted molar refractivity (Wildman–Crippen MR) is 177 cm³/mol. The summed E-state index contributed by atoms with van der Waals surface area (Å²) in [4.78, 5) is 3.79. The van der Waals surface area contributed by atoms with Crippen LogP contribution in [0.5, 0.6) is 0 Å². The summed E-state index contributed by atoms with van der Waals surface area (Å²) in [6.45, 7) is 0. The predicted octanol–water partition coefficient (Wildman–Crippen LogP) is 11.4. The average Bonchev–Trinajstić information content (AvgIpc) is 3.63. The molecule has 2 aromatic heterocycles. The first kappa shape index (κ1) is 23.1. The maximum atomic E-state index is 6.17. The molecule has 0 radical (unpaired) electrons. The van der Waals surface area contributed by atoms with Crippen molar-refractivity contribution < 1.29 is 4.42 Å². The van der Waals surface area contributed by atoms with E-state index in [0.29, 0.717) is 0 Å². The number of rotatable bonds is 3. The van der Waals surface area contributed by atoms with Crippen LogP contribution in [0.4, 0.5) is 0 Å². The minimum Gasteiger partial charge on any atom is -0.456 e. The lowest BCUT2D eigenvalue weighted by atomic mass is 9.95. The van der Waals surface area contributed by atoms with Crippen LogP contribution in [0.25, 0.3) is 87.9 Å². The number of fused-ring (bicyclic) bond motifs is 8. The Morgan fingerprint density at radius 2 is 0.952 bits per heavy atom. The molecular weight excluding hydrogens is 510 g/mol. The third-order valence-electron chi connectivity index (χ3n) is 8.62. The molecule has 0 aliphatic carbocycles. The van der Waals surface area contributed by atoms with E-state index in [1.54, 1.807) is 0 Å². The Balaban J connectivity index is 1.14. The third kappa shape index (κ3) is 3.52. The van der Waals surface area contributed by atoms with E-state index >= 15 is 0 Å². The quantitative estimate of drug-likeness (QED) is 0.239. The summed E-state index contributed by atoms with van der Waals surface area (Å²) in [6, 6.07) is 52.1. The lowest BCUT2D eigenvalue weighted by Crippen LogP contribution is -1.85. The van der Waals surface area contributed by atoms with Gasteiger partial charge in [0.05, 0.1) is 11.0 Å². The van der Waals surface area contributed by atoms with Crippen molar-refractivity contribution in [3.05, 3.63) is 146 Å². The first-order valence-corrected chi connectivity index (χ1v) is 14.3. The second-order valence-corrected chi connectivity index (χ2v) is 11.0. The van der Waals surface area contributed by atoms with Crippen molar-refractivity contribution in [2.75, 3.05) is 0 Å². The van der Waals surface area contributed by atoms with Crippen molar-refractivity contribution in [3.63, 3.8) is 0 Å². The second-order valence-electron chi connectivity index (χ2n) is 11.0. The van der Waals surface area contributed by atoms with Crippen LogP contribution in [0, 0.1) is 0 Å². The third-order valence-corrected chi connectivity index (χ3v) is 8.62. The molecule has 0 aliphatic heterocycles. The Bertz CT molecular complexity index is 2470. The SMILES string of the molecule is c1cc(-c2cccc(-c3cccc4c3[nH]c3c5ccccc5ccc43)c2)cc(-c2ccc3c(c2)oc2ccccc23)c1. The van der Waals surface area contributed by atoms with Crippen molar-refractivity contribution in [1.82, 2.24) is 4.98 Å². The zero-order chi connectivity index (χ0) is 27.6. The molecule has 1 N–H and O–H groups in total. The van der Waals surface area contributed by atoms with Gasteiger partial charge in [-0.1, -0.05) is 115 Å². The smallest absolute Gasteiger partial charge is 0.136 e. The van der Waals surface area contributed by atoms with Gasteiger partial charge >= 0.3 is 0 Å². The number of hydrogen-bond acceptors (Lipinski definition) is 1. The van der Waals surface area contributed by atoms with Gasteiger partial charge in [-0.2, -0.15) is 0 Å². The molecule has 42 heavy (non-hydrogen) atoms. The minimum absolute atomic E-state index is 0.917. The van der Waals surface area contributed by atoms with Gasteiger partial charge in [0.15, 0.2) is 0 Å². The van der Waals surface area contributed by atoms with Gasteiger partial charge in [0.2, 0.25) is 0 Å². The molecule has 2 heteroatoms. The van der Waals surface area contributed by atoms with Gasteiger partial charge in [0.1, 0.15) is 11.2 Å². The molecule has 9 aromatic rings. The Morgan fingerprint density at radius 3 is 1.81 bits per heavy atom. The number of nitrogens with one attached hydrogen (secondary N) is 1. The summed E-state index contributed by atoms with van der Waals surface area (Å²) < 4.78 is 6.17. The number of para-hydroxylation sites is 2. The maximum Gasteiger partial charge on any atom is 0.136 e. The molecule has 0 amide bonds. The van der Waals surface area contributed by atoms with Crippen molar-refractivity contribution in [3.8, 4) is 33.4 Å². The Labute approximate surface area is 242 Å². The zero-order valence-corrected chi connectivity index (χ0v) is 22.8. The van der Waals surface area contributed by atoms with Crippen LogP contribution in [-0.2, 0) is 0 Å². The van der Waals surface area contributed by atoms with Gasteiger partial charge in [-0.15, -0.1) is 0 Å². The molecule has 9 rings (SSSR count). The highest BCUT2D eigenvalue weighted by Crippen LogP contribution is 2.38. The molecule has 7 aromatic carbocycles. The van der Waals surface area contributed by atoms with Gasteiger partial charge in [-0.25, -0.2) is 0 Å².